The molecule has 2 atom stereocenters. The van der Waals surface area contributed by atoms with Crippen molar-refractivity contribution >= 4 is 27.7 Å². The first-order valence-electron chi connectivity index (χ1n) is 16.8. The highest BCUT2D eigenvalue weighted by Gasteiger charge is 2.28. The predicted molar refractivity (Wildman–Crippen MR) is 187 cm³/mol. The predicted octanol–water partition coefficient (Wildman–Crippen LogP) is 3.79. The second-order valence-corrected chi connectivity index (χ2v) is 14.9. The molecule has 0 aliphatic carbocycles. The van der Waals surface area contributed by atoms with Crippen LogP contribution in [0.2, 0.25) is 0 Å². The highest BCUT2D eigenvalue weighted by molar-refractivity contribution is 7.89. The van der Waals surface area contributed by atoms with Crippen molar-refractivity contribution < 1.29 is 33.0 Å². The number of benzene rings is 2. The lowest BCUT2D eigenvalue weighted by Crippen LogP contribution is -2.53. The average molecular weight is 690 g/mol. The lowest BCUT2D eigenvalue weighted by molar-refractivity contribution is -0.127. The summed E-state index contributed by atoms with van der Waals surface area (Å²) >= 11 is 0. The number of sulfonamides is 1. The van der Waals surface area contributed by atoms with Crippen molar-refractivity contribution in [3.63, 3.8) is 0 Å². The van der Waals surface area contributed by atoms with Crippen LogP contribution in [0.25, 0.3) is 0 Å². The van der Waals surface area contributed by atoms with Gasteiger partial charge >= 0.3 is 0 Å². The molecule has 2 aromatic carbocycles. The number of phenols is 1. The number of aliphatic hydroxyl groups is 1. The van der Waals surface area contributed by atoms with Gasteiger partial charge in [0.15, 0.2) is 0 Å². The number of nitrogens with one attached hydrogen (secondary N) is 2. The molecule has 0 spiro atoms. The van der Waals surface area contributed by atoms with Gasteiger partial charge in [-0.2, -0.15) is 0 Å². The van der Waals surface area contributed by atoms with Crippen LogP contribution in [-0.4, -0.2) is 103 Å². The SMILES string of the molecule is CCCCN(CC(O)C(Cc1ccc(O)cc1)NC(=O)c1cc(C(=O)N(CCC)CCC)cc(S(=O)(=O)N(C)C)c1)NC(=O)CC(C)C. The van der Waals surface area contributed by atoms with Crippen LogP contribution >= 0.6 is 0 Å². The maximum Gasteiger partial charge on any atom is 0.253 e. The maximum atomic E-state index is 13.9. The number of nitrogens with zero attached hydrogens (tertiary/aromatic N) is 3. The van der Waals surface area contributed by atoms with E-state index in [9.17, 15) is 33.0 Å². The van der Waals surface area contributed by atoms with E-state index in [0.717, 1.165) is 22.7 Å². The van der Waals surface area contributed by atoms with Gasteiger partial charge in [-0.25, -0.2) is 17.7 Å². The van der Waals surface area contributed by atoms with Crippen LogP contribution in [-0.2, 0) is 21.2 Å². The average Bonchev–Trinajstić information content (AvgIpc) is 3.03. The van der Waals surface area contributed by atoms with E-state index in [2.05, 4.69) is 10.7 Å². The van der Waals surface area contributed by atoms with E-state index in [1.54, 1.807) is 22.0 Å². The largest absolute Gasteiger partial charge is 0.508 e. The Hall–Kier alpha value is -3.52. The molecule has 2 unspecified atom stereocenters. The highest BCUT2D eigenvalue weighted by atomic mass is 32.2. The Kier molecular flexibility index (Phi) is 16.5. The summed E-state index contributed by atoms with van der Waals surface area (Å²) in [6.07, 6.45) is 2.35. The number of hydrogen-bond acceptors (Lipinski definition) is 8. The van der Waals surface area contributed by atoms with Crippen molar-refractivity contribution in [2.75, 3.05) is 40.3 Å². The Morgan fingerprint density at radius 3 is 2.02 bits per heavy atom. The molecule has 48 heavy (non-hydrogen) atoms. The number of aliphatic hydroxyl groups excluding tert-OH is 1. The number of carbonyl (C=O) groups is 3. The van der Waals surface area contributed by atoms with Crippen molar-refractivity contribution in [3.8, 4) is 5.75 Å². The molecule has 0 aromatic heterocycles. The summed E-state index contributed by atoms with van der Waals surface area (Å²) in [7, 11) is -1.27. The molecule has 3 amide bonds. The van der Waals surface area contributed by atoms with Gasteiger partial charge in [-0.15, -0.1) is 0 Å². The van der Waals surface area contributed by atoms with Crippen LogP contribution < -0.4 is 10.7 Å². The highest BCUT2D eigenvalue weighted by Crippen LogP contribution is 2.21. The molecule has 268 valence electrons. The lowest BCUT2D eigenvalue weighted by Gasteiger charge is -2.31. The topological polar surface area (TPSA) is 160 Å². The minimum absolute atomic E-state index is 0.00858. The van der Waals surface area contributed by atoms with E-state index < -0.39 is 28.1 Å². The summed E-state index contributed by atoms with van der Waals surface area (Å²) in [5, 5.41) is 25.9. The van der Waals surface area contributed by atoms with E-state index >= 15 is 0 Å². The number of amides is 3. The van der Waals surface area contributed by atoms with Gasteiger partial charge < -0.3 is 20.4 Å². The summed E-state index contributed by atoms with van der Waals surface area (Å²) in [4.78, 5) is 41.6. The molecule has 0 fully saturated rings. The van der Waals surface area contributed by atoms with Crippen molar-refractivity contribution in [3.05, 3.63) is 59.2 Å². The first-order chi connectivity index (χ1) is 22.6. The number of carbonyl (C=O) groups excluding carboxylic acids is 3. The van der Waals surface area contributed by atoms with Crippen LogP contribution in [0.4, 0.5) is 0 Å². The first-order valence-corrected chi connectivity index (χ1v) is 18.2. The molecule has 0 aliphatic rings. The molecular formula is C35H55N5O7S. The fourth-order valence-corrected chi connectivity index (χ4v) is 6.13. The summed E-state index contributed by atoms with van der Waals surface area (Å²) in [5.41, 5.74) is 3.62. The van der Waals surface area contributed by atoms with E-state index in [1.807, 2.05) is 34.6 Å². The number of hydrazine groups is 1. The zero-order valence-corrected chi connectivity index (χ0v) is 30.3. The van der Waals surface area contributed by atoms with Crippen LogP contribution in [0.5, 0.6) is 5.75 Å². The second kappa shape index (κ2) is 19.5. The normalized spacial score (nSPS) is 13.1. The van der Waals surface area contributed by atoms with E-state index in [0.29, 0.717) is 38.9 Å². The van der Waals surface area contributed by atoms with Crippen molar-refractivity contribution in [1.29, 1.82) is 0 Å². The molecule has 13 heteroatoms. The number of phenolic OH excluding ortho intramolecular Hbond substituents is 1. The Bertz CT molecular complexity index is 1440. The minimum atomic E-state index is -4.02. The third kappa shape index (κ3) is 12.5. The standard InChI is InChI=1S/C35H55N5O7S/c1-8-11-18-40(37-33(43)19-25(4)5)24-32(42)31(20-26-12-14-29(41)15-13-26)36-34(44)27-21-28(35(45)39(16-9-2)17-10-3)23-30(22-27)48(46,47)38(6)7/h12-15,21-23,25,31-32,41-42H,8-11,16-20,24H2,1-7H3,(H,36,44)(H,37,43). The summed E-state index contributed by atoms with van der Waals surface area (Å²) in [6, 6.07) is 9.38. The number of unbranched alkanes of at least 4 members (excludes halogenated alkanes) is 1. The molecule has 0 saturated carbocycles. The van der Waals surface area contributed by atoms with Crippen LogP contribution in [0.15, 0.2) is 47.4 Å². The van der Waals surface area contributed by atoms with Crippen LogP contribution in [0.3, 0.4) is 0 Å². The molecule has 12 nitrogen and oxygen atoms in total. The van der Waals surface area contributed by atoms with Crippen LogP contribution in [0.1, 0.15) is 93.0 Å². The summed E-state index contributed by atoms with van der Waals surface area (Å²) < 4.78 is 27.5. The Balaban J connectivity index is 2.54. The minimum Gasteiger partial charge on any atom is -0.508 e. The molecule has 0 bridgehead atoms. The van der Waals surface area contributed by atoms with Gasteiger partial charge in [-0.05, 0) is 67.5 Å². The Morgan fingerprint density at radius 2 is 1.48 bits per heavy atom. The molecule has 2 rings (SSSR count). The lowest BCUT2D eigenvalue weighted by atomic mass is 9.99. The van der Waals surface area contributed by atoms with Gasteiger partial charge in [0.25, 0.3) is 11.8 Å². The Morgan fingerprint density at radius 1 is 0.875 bits per heavy atom. The fraction of sp³-hybridized carbons (Fsp3) is 0.571. The van der Waals surface area contributed by atoms with Gasteiger partial charge in [-0.1, -0.05) is 53.2 Å². The number of rotatable bonds is 20. The van der Waals surface area contributed by atoms with Crippen molar-refractivity contribution in [2.24, 2.45) is 5.92 Å². The third-order valence-corrected chi connectivity index (χ3v) is 9.50. The molecule has 0 aliphatic heterocycles. The molecule has 4 N–H and O–H groups in total. The van der Waals surface area contributed by atoms with Crippen LogP contribution in [0, 0.1) is 5.92 Å². The van der Waals surface area contributed by atoms with Crippen molar-refractivity contribution in [1.82, 2.24) is 25.0 Å². The quantitative estimate of drug-likeness (QED) is 0.153. The molecule has 0 radical (unpaired) electrons. The third-order valence-electron chi connectivity index (χ3n) is 7.71. The van der Waals surface area contributed by atoms with Gasteiger partial charge in [0.2, 0.25) is 15.9 Å². The summed E-state index contributed by atoms with van der Waals surface area (Å²) in [5.74, 6) is -1.03. The van der Waals surface area contributed by atoms with E-state index in [4.69, 9.17) is 0 Å². The fourth-order valence-electron chi connectivity index (χ4n) is 5.16. The zero-order valence-electron chi connectivity index (χ0n) is 29.5. The van der Waals surface area contributed by atoms with Gasteiger partial charge in [0, 0.05) is 57.8 Å². The second-order valence-electron chi connectivity index (χ2n) is 12.8. The van der Waals surface area contributed by atoms with Gasteiger partial charge in [-0.3, -0.25) is 19.8 Å². The first kappa shape index (κ1) is 40.7. The zero-order chi connectivity index (χ0) is 36.0. The Labute approximate surface area is 286 Å². The molecule has 0 heterocycles. The molecule has 0 saturated heterocycles. The van der Waals surface area contributed by atoms with Gasteiger partial charge in [0.1, 0.15) is 5.75 Å². The van der Waals surface area contributed by atoms with Gasteiger partial charge in [0.05, 0.1) is 17.0 Å². The monoisotopic (exact) mass is 689 g/mol. The maximum absolute atomic E-state index is 13.9. The number of aromatic hydroxyl groups is 1. The van der Waals surface area contributed by atoms with Crippen molar-refractivity contribution in [2.45, 2.75) is 90.2 Å². The number of hydrogen-bond donors (Lipinski definition) is 4. The molecular weight excluding hydrogens is 634 g/mol. The smallest absolute Gasteiger partial charge is 0.253 e. The molecule has 2 aromatic rings. The van der Waals surface area contributed by atoms with E-state index in [1.165, 1.54) is 44.4 Å². The summed E-state index contributed by atoms with van der Waals surface area (Å²) in [6.45, 7) is 11.2. The van der Waals surface area contributed by atoms with E-state index in [-0.39, 0.29) is 52.5 Å².